The predicted molar refractivity (Wildman–Crippen MR) is 112 cm³/mol. The molecule has 4 rings (SSSR count). The van der Waals surface area contributed by atoms with E-state index in [9.17, 15) is 18.0 Å². The van der Waals surface area contributed by atoms with E-state index in [0.717, 1.165) is 10.7 Å². The summed E-state index contributed by atoms with van der Waals surface area (Å²) < 4.78 is 26.6. The summed E-state index contributed by atoms with van der Waals surface area (Å²) in [7, 11) is -3.62. The molecule has 1 fully saturated rings. The second-order valence-electron chi connectivity index (χ2n) is 7.09. The summed E-state index contributed by atoms with van der Waals surface area (Å²) in [6.07, 6.45) is 0.277. The van der Waals surface area contributed by atoms with E-state index >= 15 is 0 Å². The molecule has 158 valence electrons. The molecule has 2 aliphatic rings. The lowest BCUT2D eigenvalue weighted by Gasteiger charge is -2.34. The molecule has 9 nitrogen and oxygen atoms in total. The van der Waals surface area contributed by atoms with E-state index in [4.69, 9.17) is 0 Å². The van der Waals surface area contributed by atoms with Crippen molar-refractivity contribution < 1.29 is 18.0 Å². The molecule has 2 aliphatic heterocycles. The van der Waals surface area contributed by atoms with Gasteiger partial charge < -0.3 is 9.80 Å². The molecule has 2 aromatic rings. The Morgan fingerprint density at radius 1 is 1.13 bits per heavy atom. The van der Waals surface area contributed by atoms with Crippen LogP contribution in [0.15, 0.2) is 39.5 Å². The third-order valence-corrected chi connectivity index (χ3v) is 7.35. The minimum absolute atomic E-state index is 0.00802. The number of aromatic nitrogens is 1. The highest BCUT2D eigenvalue weighted by atomic mass is 32.2. The van der Waals surface area contributed by atoms with Crippen molar-refractivity contribution in [2.75, 3.05) is 32.7 Å². The highest BCUT2D eigenvalue weighted by molar-refractivity contribution is 7.90. The zero-order valence-corrected chi connectivity index (χ0v) is 18.0. The minimum atomic E-state index is -3.62. The maximum absolute atomic E-state index is 12.5. The first-order valence-corrected chi connectivity index (χ1v) is 11.8. The second-order valence-corrected chi connectivity index (χ2v) is 9.68. The lowest BCUT2D eigenvalue weighted by atomic mass is 10.2. The lowest BCUT2D eigenvalue weighted by Crippen LogP contribution is -2.51. The van der Waals surface area contributed by atoms with Gasteiger partial charge in [-0.05, 0) is 19.1 Å². The Morgan fingerprint density at radius 2 is 1.80 bits per heavy atom. The van der Waals surface area contributed by atoms with Crippen LogP contribution in [0.2, 0.25) is 0 Å². The number of amidine groups is 1. The van der Waals surface area contributed by atoms with Crippen LogP contribution in [0.5, 0.6) is 0 Å². The van der Waals surface area contributed by atoms with E-state index in [-0.39, 0.29) is 35.5 Å². The molecule has 3 heterocycles. The number of sulfonamides is 1. The number of nitrogens with one attached hydrogen (secondary N) is 1. The number of aliphatic imine (C=N–C) groups is 1. The van der Waals surface area contributed by atoms with E-state index in [1.54, 1.807) is 28.0 Å². The first-order chi connectivity index (χ1) is 14.3. The van der Waals surface area contributed by atoms with Gasteiger partial charge in [0.2, 0.25) is 11.8 Å². The van der Waals surface area contributed by atoms with Gasteiger partial charge in [-0.25, -0.2) is 13.4 Å². The fourth-order valence-electron chi connectivity index (χ4n) is 3.43. The Bertz CT molecular complexity index is 1120. The summed E-state index contributed by atoms with van der Waals surface area (Å²) in [4.78, 5) is 37.0. The molecule has 2 amide bonds. The number of amides is 2. The molecule has 0 aliphatic carbocycles. The maximum atomic E-state index is 12.5. The smallest absolute Gasteiger partial charge is 0.263 e. The van der Waals surface area contributed by atoms with Crippen LogP contribution in [-0.4, -0.2) is 73.6 Å². The number of fused-ring (bicyclic) bond motifs is 1. The SMILES string of the molecule is Cc1csc(CC(=O)N2CCN(C(=O)CN=C3NS(=O)(=O)c4ccccc43)CC2)n1. The number of aryl methyl sites for hydroxylation is 1. The summed E-state index contributed by atoms with van der Waals surface area (Å²) in [5.41, 5.74) is 1.38. The van der Waals surface area contributed by atoms with Crippen LogP contribution in [-0.2, 0) is 26.0 Å². The van der Waals surface area contributed by atoms with Gasteiger partial charge in [-0.3, -0.25) is 19.3 Å². The van der Waals surface area contributed by atoms with Gasteiger partial charge in [0, 0.05) is 42.8 Å². The number of thiazole rings is 1. The summed E-state index contributed by atoms with van der Waals surface area (Å²) in [6.45, 7) is 3.51. The number of carbonyl (C=O) groups is 2. The molecule has 11 heteroatoms. The van der Waals surface area contributed by atoms with Gasteiger partial charge in [0.15, 0.2) is 0 Å². The number of carbonyl (C=O) groups excluding carboxylic acids is 2. The van der Waals surface area contributed by atoms with Crippen molar-refractivity contribution in [3.05, 3.63) is 45.9 Å². The topological polar surface area (TPSA) is 112 Å². The van der Waals surface area contributed by atoms with Crippen LogP contribution in [0.4, 0.5) is 0 Å². The molecule has 1 aromatic heterocycles. The van der Waals surface area contributed by atoms with E-state index in [2.05, 4.69) is 14.7 Å². The second kappa shape index (κ2) is 8.15. The summed E-state index contributed by atoms with van der Waals surface area (Å²) >= 11 is 1.47. The Labute approximate surface area is 178 Å². The highest BCUT2D eigenvalue weighted by Crippen LogP contribution is 2.22. The van der Waals surface area contributed by atoms with Gasteiger partial charge in [-0.15, -0.1) is 11.3 Å². The molecule has 1 saturated heterocycles. The largest absolute Gasteiger partial charge is 0.339 e. The molecule has 1 N–H and O–H groups in total. The molecular weight excluding hydrogens is 426 g/mol. The Balaban J connectivity index is 1.32. The Kier molecular flexibility index (Phi) is 5.56. The number of hydrogen-bond donors (Lipinski definition) is 1. The van der Waals surface area contributed by atoms with E-state index in [0.29, 0.717) is 31.7 Å². The summed E-state index contributed by atoms with van der Waals surface area (Å²) in [5, 5.41) is 2.72. The van der Waals surface area contributed by atoms with Crippen molar-refractivity contribution in [3.8, 4) is 0 Å². The number of piperazine rings is 1. The van der Waals surface area contributed by atoms with Crippen LogP contribution >= 0.6 is 11.3 Å². The zero-order chi connectivity index (χ0) is 21.3. The van der Waals surface area contributed by atoms with Crippen molar-refractivity contribution in [1.82, 2.24) is 19.5 Å². The fourth-order valence-corrected chi connectivity index (χ4v) is 5.44. The quantitative estimate of drug-likeness (QED) is 0.729. The van der Waals surface area contributed by atoms with Crippen LogP contribution in [0.25, 0.3) is 0 Å². The standard InChI is InChI=1S/C19H21N5O4S2/c1-13-12-29-16(21-13)10-17(25)23-6-8-24(9-7-23)18(26)11-20-19-14-4-2-3-5-15(14)30(27,28)22-19/h2-5,12H,6-11H2,1H3,(H,20,22). The van der Waals surface area contributed by atoms with Crippen molar-refractivity contribution in [2.45, 2.75) is 18.2 Å². The van der Waals surface area contributed by atoms with Crippen LogP contribution in [0, 0.1) is 6.92 Å². The van der Waals surface area contributed by atoms with Gasteiger partial charge in [0.25, 0.3) is 10.0 Å². The van der Waals surface area contributed by atoms with Gasteiger partial charge in [-0.2, -0.15) is 0 Å². The van der Waals surface area contributed by atoms with Gasteiger partial charge in [-0.1, -0.05) is 12.1 Å². The molecule has 0 atom stereocenters. The monoisotopic (exact) mass is 447 g/mol. The van der Waals surface area contributed by atoms with Crippen LogP contribution < -0.4 is 4.72 Å². The van der Waals surface area contributed by atoms with Gasteiger partial charge >= 0.3 is 0 Å². The molecule has 0 radical (unpaired) electrons. The van der Waals surface area contributed by atoms with Crippen molar-refractivity contribution >= 4 is 39.0 Å². The third-order valence-electron chi connectivity index (χ3n) is 4.99. The van der Waals surface area contributed by atoms with Crippen molar-refractivity contribution in [1.29, 1.82) is 0 Å². The molecule has 1 aromatic carbocycles. The minimum Gasteiger partial charge on any atom is -0.339 e. The summed E-state index contributed by atoms with van der Waals surface area (Å²) in [5.74, 6) is -0.00565. The van der Waals surface area contributed by atoms with Crippen molar-refractivity contribution in [2.24, 2.45) is 4.99 Å². The first kappa shape index (κ1) is 20.5. The van der Waals surface area contributed by atoms with E-state index < -0.39 is 10.0 Å². The maximum Gasteiger partial charge on any atom is 0.263 e. The van der Waals surface area contributed by atoms with Crippen LogP contribution in [0.3, 0.4) is 0 Å². The molecule has 0 unspecified atom stereocenters. The molecule has 0 spiro atoms. The average Bonchev–Trinajstić information content (AvgIpc) is 3.26. The molecule has 0 saturated carbocycles. The molecule has 0 bridgehead atoms. The first-order valence-electron chi connectivity index (χ1n) is 9.47. The fraction of sp³-hybridized carbons (Fsp3) is 0.368. The number of benzene rings is 1. The average molecular weight is 448 g/mol. The summed E-state index contributed by atoms with van der Waals surface area (Å²) in [6, 6.07) is 6.53. The number of rotatable bonds is 4. The highest BCUT2D eigenvalue weighted by Gasteiger charge is 2.31. The van der Waals surface area contributed by atoms with Crippen molar-refractivity contribution in [3.63, 3.8) is 0 Å². The molecular formula is C19H21N5O4S2. The van der Waals surface area contributed by atoms with Crippen LogP contribution in [0.1, 0.15) is 16.3 Å². The number of nitrogens with zero attached hydrogens (tertiary/aromatic N) is 4. The van der Waals surface area contributed by atoms with Gasteiger partial charge in [0.05, 0.1) is 11.3 Å². The van der Waals surface area contributed by atoms with Gasteiger partial charge in [0.1, 0.15) is 17.4 Å². The van der Waals surface area contributed by atoms with E-state index in [1.807, 2.05) is 12.3 Å². The Morgan fingerprint density at radius 3 is 2.47 bits per heavy atom. The Hall–Kier alpha value is -2.79. The predicted octanol–water partition coefficient (Wildman–Crippen LogP) is 0.404. The molecule has 30 heavy (non-hydrogen) atoms. The van der Waals surface area contributed by atoms with E-state index in [1.165, 1.54) is 17.4 Å². The zero-order valence-electron chi connectivity index (χ0n) is 16.4. The third kappa shape index (κ3) is 4.21. The normalized spacial score (nSPS) is 18.9. The lowest BCUT2D eigenvalue weighted by molar-refractivity contribution is -0.138. The number of hydrogen-bond acceptors (Lipinski definition) is 7.